The molecular weight excluding hydrogens is 222 g/mol. The fourth-order valence-electron chi connectivity index (χ4n) is 2.86. The van der Waals surface area contributed by atoms with Crippen LogP contribution in [-0.2, 0) is 6.54 Å². The van der Waals surface area contributed by atoms with Gasteiger partial charge in [0.15, 0.2) is 0 Å². The monoisotopic (exact) mass is 247 g/mol. The van der Waals surface area contributed by atoms with Gasteiger partial charge in [-0.1, -0.05) is 6.92 Å². The molecule has 2 rings (SSSR count). The molecule has 1 aliphatic heterocycles. The summed E-state index contributed by atoms with van der Waals surface area (Å²) in [5.74, 6) is 1.94. The van der Waals surface area contributed by atoms with E-state index in [0.29, 0.717) is 6.04 Å². The van der Waals surface area contributed by atoms with Crippen LogP contribution in [0.2, 0.25) is 0 Å². The van der Waals surface area contributed by atoms with Crippen molar-refractivity contribution in [2.24, 2.45) is 5.92 Å². The highest BCUT2D eigenvalue weighted by atomic mass is 15.2. The fraction of sp³-hybridized carbons (Fsp3) is 0.667. The van der Waals surface area contributed by atoms with Crippen LogP contribution in [0.4, 0.5) is 5.82 Å². The van der Waals surface area contributed by atoms with E-state index in [0.717, 1.165) is 19.0 Å². The Morgan fingerprint density at radius 1 is 1.44 bits per heavy atom. The fourth-order valence-corrected chi connectivity index (χ4v) is 2.86. The summed E-state index contributed by atoms with van der Waals surface area (Å²) in [4.78, 5) is 7.17. The lowest BCUT2D eigenvalue weighted by molar-refractivity contribution is 0.361. The normalized spacial score (nSPS) is 24.3. The highest BCUT2D eigenvalue weighted by molar-refractivity contribution is 5.48. The van der Waals surface area contributed by atoms with E-state index in [1.807, 2.05) is 13.2 Å². The second-order valence-corrected chi connectivity index (χ2v) is 5.57. The van der Waals surface area contributed by atoms with Crippen molar-refractivity contribution in [3.63, 3.8) is 0 Å². The van der Waals surface area contributed by atoms with Gasteiger partial charge in [-0.15, -0.1) is 0 Å². The first-order chi connectivity index (χ1) is 8.63. The summed E-state index contributed by atoms with van der Waals surface area (Å²) in [5.41, 5.74) is 2.56. The number of nitrogens with one attached hydrogen (secondary N) is 1. The van der Waals surface area contributed by atoms with Crippen molar-refractivity contribution in [3.05, 3.63) is 23.4 Å². The molecular formula is C15H25N3. The molecule has 0 spiro atoms. The quantitative estimate of drug-likeness (QED) is 0.890. The van der Waals surface area contributed by atoms with Crippen molar-refractivity contribution in [3.8, 4) is 0 Å². The van der Waals surface area contributed by atoms with Gasteiger partial charge in [-0.25, -0.2) is 4.98 Å². The number of hydrogen-bond donors (Lipinski definition) is 1. The van der Waals surface area contributed by atoms with E-state index in [1.54, 1.807) is 0 Å². The summed E-state index contributed by atoms with van der Waals surface area (Å²) in [6.07, 6.45) is 4.63. The Hall–Kier alpha value is -1.09. The maximum absolute atomic E-state index is 4.69. The molecule has 3 nitrogen and oxygen atoms in total. The molecule has 100 valence electrons. The van der Waals surface area contributed by atoms with E-state index < -0.39 is 0 Å². The molecule has 1 aliphatic rings. The molecule has 1 saturated heterocycles. The van der Waals surface area contributed by atoms with Crippen LogP contribution in [0.5, 0.6) is 0 Å². The maximum Gasteiger partial charge on any atom is 0.131 e. The van der Waals surface area contributed by atoms with Gasteiger partial charge in [0.25, 0.3) is 0 Å². The molecule has 0 bridgehead atoms. The Morgan fingerprint density at radius 2 is 2.22 bits per heavy atom. The van der Waals surface area contributed by atoms with Gasteiger partial charge in [0, 0.05) is 25.3 Å². The molecule has 1 aromatic heterocycles. The molecule has 2 atom stereocenters. The van der Waals surface area contributed by atoms with Crippen molar-refractivity contribution in [1.29, 1.82) is 0 Å². The predicted molar refractivity (Wildman–Crippen MR) is 76.9 cm³/mol. The first-order valence-electron chi connectivity index (χ1n) is 7.00. The molecule has 0 radical (unpaired) electrons. The Morgan fingerprint density at radius 3 is 2.89 bits per heavy atom. The zero-order chi connectivity index (χ0) is 13.1. The zero-order valence-electron chi connectivity index (χ0n) is 12.0. The summed E-state index contributed by atoms with van der Waals surface area (Å²) in [6.45, 7) is 8.88. The van der Waals surface area contributed by atoms with Gasteiger partial charge in [0.05, 0.1) is 0 Å². The topological polar surface area (TPSA) is 28.2 Å². The minimum absolute atomic E-state index is 0.597. The van der Waals surface area contributed by atoms with E-state index in [-0.39, 0.29) is 0 Å². The molecule has 1 fully saturated rings. The van der Waals surface area contributed by atoms with Crippen LogP contribution in [0.1, 0.15) is 37.8 Å². The van der Waals surface area contributed by atoms with Crippen LogP contribution in [-0.4, -0.2) is 24.6 Å². The summed E-state index contributed by atoms with van der Waals surface area (Å²) in [7, 11) is 1.97. The van der Waals surface area contributed by atoms with Gasteiger partial charge in [-0.3, -0.25) is 0 Å². The number of aryl methyl sites for hydroxylation is 1. The first kappa shape index (κ1) is 13.3. The molecule has 2 unspecified atom stereocenters. The molecule has 0 aromatic carbocycles. The van der Waals surface area contributed by atoms with Crippen LogP contribution < -0.4 is 10.2 Å². The van der Waals surface area contributed by atoms with E-state index in [1.165, 1.54) is 29.8 Å². The molecule has 3 heteroatoms. The van der Waals surface area contributed by atoms with Crippen molar-refractivity contribution in [1.82, 2.24) is 10.3 Å². The van der Waals surface area contributed by atoms with Gasteiger partial charge in [-0.05, 0) is 56.8 Å². The second-order valence-electron chi connectivity index (χ2n) is 5.57. The SMILES string of the molecule is CNCc1cnc(N2CCCC(C)C2C)c(C)c1. The van der Waals surface area contributed by atoms with E-state index in [4.69, 9.17) is 4.98 Å². The summed E-state index contributed by atoms with van der Waals surface area (Å²) in [6, 6.07) is 2.85. The number of piperidine rings is 1. The Kier molecular flexibility index (Phi) is 4.23. The van der Waals surface area contributed by atoms with Crippen molar-refractivity contribution in [2.45, 2.75) is 46.2 Å². The van der Waals surface area contributed by atoms with Crippen LogP contribution in [0.15, 0.2) is 12.3 Å². The zero-order valence-corrected chi connectivity index (χ0v) is 12.0. The highest BCUT2D eigenvalue weighted by Gasteiger charge is 2.26. The maximum atomic E-state index is 4.69. The third-order valence-electron chi connectivity index (χ3n) is 4.13. The van der Waals surface area contributed by atoms with E-state index in [2.05, 4.69) is 37.1 Å². The van der Waals surface area contributed by atoms with Crippen LogP contribution >= 0.6 is 0 Å². The third kappa shape index (κ3) is 2.66. The van der Waals surface area contributed by atoms with E-state index >= 15 is 0 Å². The molecule has 18 heavy (non-hydrogen) atoms. The second kappa shape index (κ2) is 5.70. The van der Waals surface area contributed by atoms with Crippen LogP contribution in [0.25, 0.3) is 0 Å². The molecule has 1 aromatic rings. The van der Waals surface area contributed by atoms with Crippen LogP contribution in [0, 0.1) is 12.8 Å². The molecule has 0 amide bonds. The number of hydrogen-bond acceptors (Lipinski definition) is 3. The van der Waals surface area contributed by atoms with E-state index in [9.17, 15) is 0 Å². The lowest BCUT2D eigenvalue weighted by Gasteiger charge is -2.39. The number of aromatic nitrogens is 1. The largest absolute Gasteiger partial charge is 0.353 e. The number of nitrogens with zero attached hydrogens (tertiary/aromatic N) is 2. The van der Waals surface area contributed by atoms with Crippen molar-refractivity contribution in [2.75, 3.05) is 18.5 Å². The summed E-state index contributed by atoms with van der Waals surface area (Å²) < 4.78 is 0. The number of rotatable bonds is 3. The number of anilines is 1. The minimum Gasteiger partial charge on any atom is -0.353 e. The Labute approximate surface area is 111 Å². The van der Waals surface area contributed by atoms with Gasteiger partial charge in [0.2, 0.25) is 0 Å². The lowest BCUT2D eigenvalue weighted by Crippen LogP contribution is -2.43. The summed E-state index contributed by atoms with van der Waals surface area (Å²) >= 11 is 0. The average molecular weight is 247 g/mol. The Balaban J connectivity index is 2.22. The van der Waals surface area contributed by atoms with Gasteiger partial charge in [0.1, 0.15) is 5.82 Å². The first-order valence-corrected chi connectivity index (χ1v) is 7.00. The lowest BCUT2D eigenvalue weighted by atomic mass is 9.92. The number of pyridine rings is 1. The smallest absolute Gasteiger partial charge is 0.131 e. The standard InChI is InChI=1S/C15H25N3/c1-11-6-5-7-18(13(11)3)15-12(2)8-14(9-16-4)10-17-15/h8,10-11,13,16H,5-7,9H2,1-4H3. The van der Waals surface area contributed by atoms with Gasteiger partial charge < -0.3 is 10.2 Å². The van der Waals surface area contributed by atoms with Crippen molar-refractivity contribution >= 4 is 5.82 Å². The summed E-state index contributed by atoms with van der Waals surface area (Å²) in [5, 5.41) is 3.17. The molecule has 2 heterocycles. The molecule has 0 aliphatic carbocycles. The predicted octanol–water partition coefficient (Wildman–Crippen LogP) is 2.73. The van der Waals surface area contributed by atoms with Crippen molar-refractivity contribution < 1.29 is 0 Å². The third-order valence-corrected chi connectivity index (χ3v) is 4.13. The van der Waals surface area contributed by atoms with Gasteiger partial charge >= 0.3 is 0 Å². The molecule has 0 saturated carbocycles. The minimum atomic E-state index is 0.597. The Bertz CT molecular complexity index is 403. The average Bonchev–Trinajstić information content (AvgIpc) is 2.34. The molecule has 1 N–H and O–H groups in total. The van der Waals surface area contributed by atoms with Gasteiger partial charge in [-0.2, -0.15) is 0 Å². The highest BCUT2D eigenvalue weighted by Crippen LogP contribution is 2.29. The van der Waals surface area contributed by atoms with Crippen LogP contribution in [0.3, 0.4) is 0 Å².